The van der Waals surface area contributed by atoms with E-state index in [2.05, 4.69) is 10.1 Å². The topological polar surface area (TPSA) is 94.8 Å². The number of aromatic nitrogens is 2. The SMILES string of the molecule is CCS(=O)(=O)N1CCC(OCCc2noc(C3CCOCC3)n2)CC1. The van der Waals surface area contributed by atoms with Crippen molar-refractivity contribution in [1.29, 1.82) is 0 Å². The highest BCUT2D eigenvalue weighted by Crippen LogP contribution is 2.25. The van der Waals surface area contributed by atoms with E-state index in [1.807, 2.05) is 0 Å². The van der Waals surface area contributed by atoms with E-state index >= 15 is 0 Å². The number of rotatable bonds is 7. The largest absolute Gasteiger partial charge is 0.381 e. The Morgan fingerprint density at radius 2 is 1.92 bits per heavy atom. The maximum absolute atomic E-state index is 11.8. The third-order valence-electron chi connectivity index (χ3n) is 4.89. The van der Waals surface area contributed by atoms with Crippen LogP contribution in [0.5, 0.6) is 0 Å². The number of hydrogen-bond acceptors (Lipinski definition) is 7. The van der Waals surface area contributed by atoms with E-state index in [1.54, 1.807) is 11.2 Å². The second kappa shape index (κ2) is 8.57. The van der Waals surface area contributed by atoms with E-state index in [-0.39, 0.29) is 11.9 Å². The molecule has 0 aliphatic carbocycles. The predicted octanol–water partition coefficient (Wildman–Crippen LogP) is 1.34. The normalized spacial score (nSPS) is 21.6. The van der Waals surface area contributed by atoms with Crippen LogP contribution in [0.25, 0.3) is 0 Å². The molecule has 2 fully saturated rings. The van der Waals surface area contributed by atoms with Crippen molar-refractivity contribution in [1.82, 2.24) is 14.4 Å². The van der Waals surface area contributed by atoms with Crippen molar-refractivity contribution in [3.63, 3.8) is 0 Å². The number of nitrogens with zero attached hydrogens (tertiary/aromatic N) is 3. The lowest BCUT2D eigenvalue weighted by Crippen LogP contribution is -2.41. The summed E-state index contributed by atoms with van der Waals surface area (Å²) in [5.41, 5.74) is 0. The quantitative estimate of drug-likeness (QED) is 0.712. The van der Waals surface area contributed by atoms with Crippen LogP contribution in [-0.4, -0.2) is 67.6 Å². The highest BCUT2D eigenvalue weighted by molar-refractivity contribution is 7.89. The first-order valence-corrected chi connectivity index (χ1v) is 10.7. The molecule has 2 aliphatic heterocycles. The van der Waals surface area contributed by atoms with Gasteiger partial charge in [-0.2, -0.15) is 4.98 Å². The van der Waals surface area contributed by atoms with Crippen molar-refractivity contribution in [3.05, 3.63) is 11.7 Å². The summed E-state index contributed by atoms with van der Waals surface area (Å²) >= 11 is 0. The molecule has 0 amide bonds. The molecule has 0 spiro atoms. The van der Waals surface area contributed by atoms with Crippen LogP contribution >= 0.6 is 0 Å². The minimum atomic E-state index is -3.08. The summed E-state index contributed by atoms with van der Waals surface area (Å²) in [6.07, 6.45) is 4.04. The monoisotopic (exact) mass is 373 g/mol. The highest BCUT2D eigenvalue weighted by atomic mass is 32.2. The van der Waals surface area contributed by atoms with Crippen molar-refractivity contribution in [2.24, 2.45) is 0 Å². The van der Waals surface area contributed by atoms with Crippen LogP contribution in [0.15, 0.2) is 4.52 Å². The Hall–Kier alpha value is -1.03. The minimum Gasteiger partial charge on any atom is -0.381 e. The molecule has 0 aromatic carbocycles. The van der Waals surface area contributed by atoms with Gasteiger partial charge in [-0.25, -0.2) is 12.7 Å². The van der Waals surface area contributed by atoms with Gasteiger partial charge in [0.05, 0.1) is 18.5 Å². The van der Waals surface area contributed by atoms with Gasteiger partial charge in [0.2, 0.25) is 15.9 Å². The Balaban J connectivity index is 1.38. The second-order valence-corrected chi connectivity index (χ2v) is 8.81. The first-order valence-electron chi connectivity index (χ1n) is 9.08. The lowest BCUT2D eigenvalue weighted by molar-refractivity contribution is 0.0222. The summed E-state index contributed by atoms with van der Waals surface area (Å²) in [5, 5.41) is 4.03. The molecule has 3 rings (SSSR count). The van der Waals surface area contributed by atoms with Crippen LogP contribution in [0.4, 0.5) is 0 Å². The van der Waals surface area contributed by atoms with Crippen LogP contribution in [0, 0.1) is 0 Å². The van der Waals surface area contributed by atoms with Crippen molar-refractivity contribution >= 4 is 10.0 Å². The van der Waals surface area contributed by atoms with Crippen LogP contribution in [0.3, 0.4) is 0 Å². The summed E-state index contributed by atoms with van der Waals surface area (Å²) in [6.45, 7) is 4.78. The lowest BCUT2D eigenvalue weighted by atomic mass is 10.0. The number of sulfonamides is 1. The fraction of sp³-hybridized carbons (Fsp3) is 0.875. The van der Waals surface area contributed by atoms with Gasteiger partial charge in [-0.3, -0.25) is 0 Å². The molecule has 0 N–H and O–H groups in total. The van der Waals surface area contributed by atoms with E-state index in [0.717, 1.165) is 38.9 Å². The number of ether oxygens (including phenoxy) is 2. The first-order chi connectivity index (χ1) is 12.1. The summed E-state index contributed by atoms with van der Waals surface area (Å²) in [6, 6.07) is 0. The van der Waals surface area contributed by atoms with Gasteiger partial charge in [0.1, 0.15) is 0 Å². The van der Waals surface area contributed by atoms with E-state index in [4.69, 9.17) is 14.0 Å². The molecule has 2 aliphatic rings. The summed E-state index contributed by atoms with van der Waals surface area (Å²) < 4.78 is 41.8. The molecule has 2 saturated heterocycles. The Morgan fingerprint density at radius 1 is 1.20 bits per heavy atom. The van der Waals surface area contributed by atoms with Gasteiger partial charge >= 0.3 is 0 Å². The molecule has 142 valence electrons. The van der Waals surface area contributed by atoms with Gasteiger partial charge in [-0.05, 0) is 32.6 Å². The number of piperidine rings is 1. The average Bonchev–Trinajstić information content (AvgIpc) is 3.12. The third-order valence-corrected chi connectivity index (χ3v) is 6.77. The van der Waals surface area contributed by atoms with E-state index < -0.39 is 10.0 Å². The molecule has 1 aromatic rings. The molecule has 8 nitrogen and oxygen atoms in total. The fourth-order valence-electron chi connectivity index (χ4n) is 3.26. The number of hydrogen-bond donors (Lipinski definition) is 0. The molecule has 0 bridgehead atoms. The van der Waals surface area contributed by atoms with Gasteiger partial charge in [-0.1, -0.05) is 5.16 Å². The van der Waals surface area contributed by atoms with Gasteiger partial charge in [-0.15, -0.1) is 0 Å². The van der Waals surface area contributed by atoms with Crippen LogP contribution in [0.2, 0.25) is 0 Å². The van der Waals surface area contributed by atoms with Crippen molar-refractivity contribution < 1.29 is 22.4 Å². The summed E-state index contributed by atoms with van der Waals surface area (Å²) in [4.78, 5) is 4.47. The van der Waals surface area contributed by atoms with E-state index in [1.165, 1.54) is 0 Å². The average molecular weight is 373 g/mol. The molecule has 0 unspecified atom stereocenters. The molecule has 9 heteroatoms. The van der Waals surface area contributed by atoms with Gasteiger partial charge in [0.25, 0.3) is 0 Å². The molecule has 25 heavy (non-hydrogen) atoms. The van der Waals surface area contributed by atoms with Gasteiger partial charge < -0.3 is 14.0 Å². The Kier molecular flexibility index (Phi) is 6.43. The van der Waals surface area contributed by atoms with Gasteiger partial charge in [0.15, 0.2) is 5.82 Å². The van der Waals surface area contributed by atoms with Crippen LogP contribution in [-0.2, 0) is 25.9 Å². The van der Waals surface area contributed by atoms with Crippen LogP contribution in [0.1, 0.15) is 50.2 Å². The maximum atomic E-state index is 11.8. The molecule has 0 atom stereocenters. The third kappa shape index (κ3) is 4.99. The highest BCUT2D eigenvalue weighted by Gasteiger charge is 2.27. The summed E-state index contributed by atoms with van der Waals surface area (Å²) in [7, 11) is -3.08. The Morgan fingerprint density at radius 3 is 2.60 bits per heavy atom. The maximum Gasteiger partial charge on any atom is 0.229 e. The van der Waals surface area contributed by atoms with Crippen molar-refractivity contribution in [3.8, 4) is 0 Å². The Labute approximate surface area is 148 Å². The molecule has 0 radical (unpaired) electrons. The van der Waals surface area contributed by atoms with Gasteiger partial charge in [0, 0.05) is 38.6 Å². The smallest absolute Gasteiger partial charge is 0.229 e. The first kappa shape index (κ1) is 18.8. The van der Waals surface area contributed by atoms with Crippen molar-refractivity contribution in [2.75, 3.05) is 38.7 Å². The summed E-state index contributed by atoms with van der Waals surface area (Å²) in [5.74, 6) is 1.84. The fourth-order valence-corrected chi connectivity index (χ4v) is 4.39. The zero-order valence-corrected chi connectivity index (χ0v) is 15.5. The zero-order valence-electron chi connectivity index (χ0n) is 14.7. The van der Waals surface area contributed by atoms with E-state index in [9.17, 15) is 8.42 Å². The Bertz CT molecular complexity index is 634. The van der Waals surface area contributed by atoms with Crippen LogP contribution < -0.4 is 0 Å². The second-order valence-electron chi connectivity index (χ2n) is 6.56. The predicted molar refractivity (Wildman–Crippen MR) is 90.8 cm³/mol. The standard InChI is InChI=1S/C16H27N3O5S/c1-2-25(20,21)19-8-3-14(4-9-19)23-12-7-15-17-16(24-18-15)13-5-10-22-11-6-13/h13-14H,2-12H2,1H3. The molecule has 3 heterocycles. The van der Waals surface area contributed by atoms with Crippen molar-refractivity contribution in [2.45, 2.75) is 51.0 Å². The molecule has 1 aromatic heterocycles. The lowest BCUT2D eigenvalue weighted by Gasteiger charge is -2.30. The zero-order chi connectivity index (χ0) is 17.7. The van der Waals surface area contributed by atoms with E-state index in [0.29, 0.717) is 43.8 Å². The minimum absolute atomic E-state index is 0.102. The molecular formula is C16H27N3O5S. The molecular weight excluding hydrogens is 346 g/mol. The molecule has 0 saturated carbocycles.